The van der Waals surface area contributed by atoms with Gasteiger partial charge in [-0.3, -0.25) is 9.48 Å². The van der Waals surface area contributed by atoms with Gasteiger partial charge in [-0.1, -0.05) is 38.1 Å². The minimum Gasteiger partial charge on any atom is -0.344 e. The van der Waals surface area contributed by atoms with Gasteiger partial charge in [-0.15, -0.1) is 11.3 Å². The number of carbonyl (C=O) groups is 1. The van der Waals surface area contributed by atoms with Crippen LogP contribution in [0.1, 0.15) is 66.0 Å². The van der Waals surface area contributed by atoms with Gasteiger partial charge in [0.05, 0.1) is 12.2 Å². The first-order chi connectivity index (χ1) is 13.0. The molecule has 140 valence electrons. The maximum atomic E-state index is 12.7. The van der Waals surface area contributed by atoms with Gasteiger partial charge in [-0.2, -0.15) is 5.10 Å². The Hall–Kier alpha value is -2.47. The summed E-state index contributed by atoms with van der Waals surface area (Å²) in [6, 6.07) is 8.45. The Kier molecular flexibility index (Phi) is 4.83. The number of nitrogens with zero attached hydrogens (tertiary/aromatic N) is 3. The Morgan fingerprint density at radius 1 is 1.30 bits per heavy atom. The van der Waals surface area contributed by atoms with E-state index in [2.05, 4.69) is 53.5 Å². The molecule has 0 spiro atoms. The summed E-state index contributed by atoms with van der Waals surface area (Å²) in [5, 5.41) is 10.2. The number of fused-ring (bicyclic) bond motifs is 1. The number of aryl methyl sites for hydroxylation is 1. The molecule has 5 nitrogen and oxygen atoms in total. The summed E-state index contributed by atoms with van der Waals surface area (Å²) in [4.78, 5) is 17.3. The Labute approximate surface area is 163 Å². The Bertz CT molecular complexity index is 955. The van der Waals surface area contributed by atoms with Gasteiger partial charge in [0.1, 0.15) is 10.7 Å². The average molecular weight is 381 g/mol. The lowest BCUT2D eigenvalue weighted by molar-refractivity contribution is 0.0928. The fraction of sp³-hybridized carbons (Fsp3) is 0.381. The number of carbonyl (C=O) groups excluding carboxylic acids is 1. The van der Waals surface area contributed by atoms with Crippen molar-refractivity contribution >= 4 is 17.2 Å². The molecule has 3 aromatic rings. The van der Waals surface area contributed by atoms with Crippen LogP contribution in [0.15, 0.2) is 35.8 Å². The van der Waals surface area contributed by atoms with E-state index < -0.39 is 0 Å². The molecular formula is C21H24N4OS. The van der Waals surface area contributed by atoms with E-state index in [1.165, 1.54) is 22.6 Å². The first-order valence-electron chi connectivity index (χ1n) is 9.40. The smallest absolute Gasteiger partial charge is 0.271 e. The molecule has 1 amide bonds. The summed E-state index contributed by atoms with van der Waals surface area (Å²) in [5.74, 6) is 0.391. The van der Waals surface area contributed by atoms with Crippen molar-refractivity contribution in [2.45, 2.75) is 45.1 Å². The van der Waals surface area contributed by atoms with E-state index in [-0.39, 0.29) is 11.9 Å². The van der Waals surface area contributed by atoms with E-state index in [0.29, 0.717) is 11.6 Å². The summed E-state index contributed by atoms with van der Waals surface area (Å²) in [6.45, 7) is 4.36. The van der Waals surface area contributed by atoms with Crippen LogP contribution in [0.3, 0.4) is 0 Å². The standard InChI is InChI=1S/C21H24N4OS/c1-13(2)14-7-9-15(10-8-14)21-24-18(12-27-21)20(26)23-17-5-4-6-19-16(17)11-22-25(19)3/h7-13,17H,4-6H2,1-3H3,(H,23,26). The van der Waals surface area contributed by atoms with E-state index in [0.717, 1.165) is 35.4 Å². The molecule has 1 aliphatic carbocycles. The fourth-order valence-electron chi connectivity index (χ4n) is 3.61. The highest BCUT2D eigenvalue weighted by atomic mass is 32.1. The Morgan fingerprint density at radius 2 is 2.07 bits per heavy atom. The summed E-state index contributed by atoms with van der Waals surface area (Å²) < 4.78 is 1.91. The monoisotopic (exact) mass is 380 g/mol. The molecule has 1 unspecified atom stereocenters. The van der Waals surface area contributed by atoms with Gasteiger partial charge in [0, 0.05) is 29.2 Å². The molecule has 2 heterocycles. The third kappa shape index (κ3) is 3.54. The van der Waals surface area contributed by atoms with Crippen molar-refractivity contribution in [3.05, 3.63) is 58.4 Å². The number of thiazole rings is 1. The molecule has 0 aliphatic heterocycles. The van der Waals surface area contributed by atoms with E-state index in [9.17, 15) is 4.79 Å². The Balaban J connectivity index is 1.49. The first-order valence-corrected chi connectivity index (χ1v) is 10.3. The molecule has 1 N–H and O–H groups in total. The molecule has 1 atom stereocenters. The average Bonchev–Trinajstić information content (AvgIpc) is 3.30. The quantitative estimate of drug-likeness (QED) is 0.726. The number of amides is 1. The predicted molar refractivity (Wildman–Crippen MR) is 108 cm³/mol. The lowest BCUT2D eigenvalue weighted by Gasteiger charge is -2.23. The largest absolute Gasteiger partial charge is 0.344 e. The maximum absolute atomic E-state index is 12.7. The van der Waals surface area contributed by atoms with Gasteiger partial charge >= 0.3 is 0 Å². The number of benzene rings is 1. The van der Waals surface area contributed by atoms with Crippen molar-refractivity contribution in [2.75, 3.05) is 0 Å². The highest BCUT2D eigenvalue weighted by molar-refractivity contribution is 7.13. The van der Waals surface area contributed by atoms with Crippen LogP contribution in [0, 0.1) is 0 Å². The van der Waals surface area contributed by atoms with Crippen molar-refractivity contribution < 1.29 is 4.79 Å². The van der Waals surface area contributed by atoms with Gasteiger partial charge in [-0.05, 0) is 30.7 Å². The van der Waals surface area contributed by atoms with Crippen molar-refractivity contribution in [3.8, 4) is 10.6 Å². The van der Waals surface area contributed by atoms with Gasteiger partial charge in [0.25, 0.3) is 5.91 Å². The second kappa shape index (κ2) is 7.27. The topological polar surface area (TPSA) is 59.8 Å². The highest BCUT2D eigenvalue weighted by Crippen LogP contribution is 2.30. The molecule has 1 aliphatic rings. The number of aromatic nitrogens is 3. The number of rotatable bonds is 4. The Morgan fingerprint density at radius 3 is 2.81 bits per heavy atom. The van der Waals surface area contributed by atoms with Gasteiger partial charge < -0.3 is 5.32 Å². The SMILES string of the molecule is CC(C)c1ccc(-c2nc(C(=O)NC3CCCc4c3cnn4C)cs2)cc1. The molecule has 27 heavy (non-hydrogen) atoms. The van der Waals surface area contributed by atoms with Crippen LogP contribution in [0.4, 0.5) is 0 Å². The summed E-state index contributed by atoms with van der Waals surface area (Å²) in [7, 11) is 1.96. The number of hydrogen-bond donors (Lipinski definition) is 1. The molecule has 0 saturated heterocycles. The van der Waals surface area contributed by atoms with Crippen LogP contribution in [0.2, 0.25) is 0 Å². The van der Waals surface area contributed by atoms with Crippen LogP contribution < -0.4 is 5.32 Å². The maximum Gasteiger partial charge on any atom is 0.271 e. The normalized spacial score (nSPS) is 16.4. The minimum absolute atomic E-state index is 0.0189. The second-order valence-electron chi connectivity index (χ2n) is 7.40. The summed E-state index contributed by atoms with van der Waals surface area (Å²) >= 11 is 1.51. The molecule has 0 fully saturated rings. The fourth-order valence-corrected chi connectivity index (χ4v) is 4.42. The number of hydrogen-bond acceptors (Lipinski definition) is 4. The van der Waals surface area contributed by atoms with Gasteiger partial charge in [0.15, 0.2) is 0 Å². The van der Waals surface area contributed by atoms with Crippen molar-refractivity contribution in [1.29, 1.82) is 0 Å². The molecule has 1 aromatic carbocycles. The van der Waals surface area contributed by atoms with Crippen molar-refractivity contribution in [3.63, 3.8) is 0 Å². The minimum atomic E-state index is -0.113. The van der Waals surface area contributed by atoms with Gasteiger partial charge in [-0.25, -0.2) is 4.98 Å². The molecular weight excluding hydrogens is 356 g/mol. The number of nitrogens with one attached hydrogen (secondary N) is 1. The zero-order valence-electron chi connectivity index (χ0n) is 15.9. The zero-order valence-corrected chi connectivity index (χ0v) is 16.7. The van der Waals surface area contributed by atoms with E-state index in [1.54, 1.807) is 0 Å². The van der Waals surface area contributed by atoms with Crippen LogP contribution in [-0.4, -0.2) is 20.7 Å². The van der Waals surface area contributed by atoms with E-state index in [4.69, 9.17) is 0 Å². The first kappa shape index (κ1) is 17.9. The van der Waals surface area contributed by atoms with Crippen LogP contribution >= 0.6 is 11.3 Å². The van der Waals surface area contributed by atoms with Crippen LogP contribution in [0.5, 0.6) is 0 Å². The molecule has 0 radical (unpaired) electrons. The molecule has 0 saturated carbocycles. The van der Waals surface area contributed by atoms with Crippen molar-refractivity contribution in [1.82, 2.24) is 20.1 Å². The van der Waals surface area contributed by atoms with Crippen LogP contribution in [-0.2, 0) is 13.5 Å². The second-order valence-corrected chi connectivity index (χ2v) is 8.26. The zero-order chi connectivity index (χ0) is 19.0. The summed E-state index contributed by atoms with van der Waals surface area (Å²) in [6.07, 6.45) is 4.90. The van der Waals surface area contributed by atoms with Crippen LogP contribution in [0.25, 0.3) is 10.6 Å². The summed E-state index contributed by atoms with van der Waals surface area (Å²) in [5.41, 5.74) is 5.19. The lowest BCUT2D eigenvalue weighted by Crippen LogP contribution is -2.31. The molecule has 0 bridgehead atoms. The third-order valence-corrected chi connectivity index (χ3v) is 6.13. The van der Waals surface area contributed by atoms with E-state index in [1.807, 2.05) is 23.3 Å². The lowest BCUT2D eigenvalue weighted by atomic mass is 9.93. The highest BCUT2D eigenvalue weighted by Gasteiger charge is 2.25. The molecule has 2 aromatic heterocycles. The predicted octanol–water partition coefficient (Wildman–Crippen LogP) is 4.47. The van der Waals surface area contributed by atoms with E-state index >= 15 is 0 Å². The third-order valence-electron chi connectivity index (χ3n) is 5.24. The molecule has 6 heteroatoms. The molecule has 4 rings (SSSR count). The van der Waals surface area contributed by atoms with Crippen molar-refractivity contribution in [2.24, 2.45) is 7.05 Å². The van der Waals surface area contributed by atoms with Gasteiger partial charge in [0.2, 0.25) is 0 Å².